The Labute approximate surface area is 329 Å². The third kappa shape index (κ3) is 7.70. The molecule has 3 atom stereocenters. The number of rotatable bonds is 13. The summed E-state index contributed by atoms with van der Waals surface area (Å²) in [5.41, 5.74) is 3.19. The first-order valence-corrected chi connectivity index (χ1v) is 21.5. The molecule has 1 aliphatic heterocycles. The van der Waals surface area contributed by atoms with E-state index in [1.807, 2.05) is 89.5 Å². The largest absolute Gasteiger partial charge is 0.497 e. The monoisotopic (exact) mass is 770 g/mol. The van der Waals surface area contributed by atoms with Crippen molar-refractivity contribution in [3.05, 3.63) is 151 Å². The maximum atomic E-state index is 13.1. The van der Waals surface area contributed by atoms with Crippen LogP contribution in [0.1, 0.15) is 54.0 Å². The summed E-state index contributed by atoms with van der Waals surface area (Å²) < 4.78 is 34.2. The highest BCUT2D eigenvalue weighted by Gasteiger charge is 2.47. The molecular formula is C44H48N5O6Si. The number of carbonyl (C=O) groups is 1. The Hall–Kier alpha value is -5.40. The second-order valence-corrected chi connectivity index (χ2v) is 20.0. The lowest BCUT2D eigenvalue weighted by molar-refractivity contribution is -0.0820. The van der Waals surface area contributed by atoms with Crippen LogP contribution in [0.4, 0.5) is 5.82 Å². The SMILES string of the molecule is COc1ccc(C(OC[C@@H]2[CH][C@H](O[Si](C)(C)C(C)(C)C)[C@@H](n3cnc4c(NC(=O)c5ccccc5)ncnc43)O2)(c2ccccc2)c2ccc(OC)cc2)cc1. The molecule has 0 saturated carbocycles. The predicted octanol–water partition coefficient (Wildman–Crippen LogP) is 8.60. The average molecular weight is 771 g/mol. The number of hydrogen-bond donors (Lipinski definition) is 1. The fourth-order valence-corrected chi connectivity index (χ4v) is 7.95. The first-order valence-electron chi connectivity index (χ1n) is 18.6. The number of benzene rings is 4. The van der Waals surface area contributed by atoms with Gasteiger partial charge < -0.3 is 28.7 Å². The van der Waals surface area contributed by atoms with E-state index in [1.54, 1.807) is 32.7 Å². The molecule has 11 nitrogen and oxygen atoms in total. The van der Waals surface area contributed by atoms with Gasteiger partial charge in [0.25, 0.3) is 5.91 Å². The van der Waals surface area contributed by atoms with Gasteiger partial charge in [-0.2, -0.15) is 0 Å². The molecule has 1 N–H and O–H groups in total. The van der Waals surface area contributed by atoms with E-state index in [0.29, 0.717) is 22.5 Å². The van der Waals surface area contributed by atoms with Crippen LogP contribution in [0, 0.1) is 6.42 Å². The van der Waals surface area contributed by atoms with Gasteiger partial charge in [0.2, 0.25) is 0 Å². The highest BCUT2D eigenvalue weighted by atomic mass is 28.4. The Balaban J connectivity index is 1.25. The summed E-state index contributed by atoms with van der Waals surface area (Å²) in [5, 5.41) is 2.84. The quantitative estimate of drug-likeness (QED) is 0.0910. The molecule has 7 rings (SSSR count). The number of ether oxygens (including phenoxy) is 4. The molecule has 1 fully saturated rings. The summed E-state index contributed by atoms with van der Waals surface area (Å²) in [4.78, 5) is 26.8. The number of aromatic nitrogens is 4. The van der Waals surface area contributed by atoms with E-state index in [2.05, 4.69) is 72.7 Å². The van der Waals surface area contributed by atoms with Crippen molar-refractivity contribution in [2.45, 2.75) is 62.9 Å². The van der Waals surface area contributed by atoms with Crippen LogP contribution >= 0.6 is 0 Å². The lowest BCUT2D eigenvalue weighted by Crippen LogP contribution is -2.45. The van der Waals surface area contributed by atoms with Gasteiger partial charge in [-0.05, 0) is 71.2 Å². The molecule has 1 saturated heterocycles. The lowest BCUT2D eigenvalue weighted by Gasteiger charge is -2.39. The van der Waals surface area contributed by atoms with Crippen molar-refractivity contribution in [2.24, 2.45) is 0 Å². The van der Waals surface area contributed by atoms with Crippen LogP contribution < -0.4 is 14.8 Å². The summed E-state index contributed by atoms with van der Waals surface area (Å²) in [6.07, 6.45) is 3.59. The van der Waals surface area contributed by atoms with Crippen LogP contribution in [0.5, 0.6) is 11.5 Å². The van der Waals surface area contributed by atoms with Gasteiger partial charge in [0.15, 0.2) is 31.5 Å². The van der Waals surface area contributed by atoms with E-state index >= 15 is 0 Å². The summed E-state index contributed by atoms with van der Waals surface area (Å²) in [7, 11) is 0.984. The number of nitrogens with one attached hydrogen (secondary N) is 1. The number of anilines is 1. The molecular weight excluding hydrogens is 723 g/mol. The minimum Gasteiger partial charge on any atom is -0.497 e. The van der Waals surface area contributed by atoms with Gasteiger partial charge >= 0.3 is 0 Å². The molecule has 0 unspecified atom stereocenters. The molecule has 0 aliphatic carbocycles. The normalized spacial score (nSPS) is 17.5. The topological polar surface area (TPSA) is 119 Å². The Morgan fingerprint density at radius 2 is 1.36 bits per heavy atom. The highest BCUT2D eigenvalue weighted by molar-refractivity contribution is 6.74. The lowest BCUT2D eigenvalue weighted by atomic mass is 9.80. The van der Waals surface area contributed by atoms with Gasteiger partial charge in [0.1, 0.15) is 23.4 Å². The van der Waals surface area contributed by atoms with E-state index in [0.717, 1.165) is 28.2 Å². The standard InChI is InChI=1S/C44H48N5O6Si/c1-43(2,3)56(6,7)55-37-26-36(54-42(37)49-29-47-38-39(45-28-46-40(38)49)48-41(50)30-14-10-8-11-15-30)27-53-44(31-16-12-9-13-17-31,32-18-22-34(51-4)23-19-32)33-20-24-35(52-5)25-21-33/h8-26,28-29,36-37,42H,27H2,1-7H3,(H,45,46,48,50)/t36-,37-,42-/m0/s1. The fraction of sp³-hybridized carbons (Fsp3) is 0.295. The van der Waals surface area contributed by atoms with Crippen LogP contribution in [0.2, 0.25) is 18.1 Å². The number of carbonyl (C=O) groups excluding carboxylic acids is 1. The third-order valence-electron chi connectivity index (χ3n) is 10.8. The second-order valence-electron chi connectivity index (χ2n) is 15.3. The van der Waals surface area contributed by atoms with Crippen molar-refractivity contribution in [1.82, 2.24) is 19.5 Å². The fourth-order valence-electron chi connectivity index (χ4n) is 6.72. The molecule has 56 heavy (non-hydrogen) atoms. The molecule has 3 heterocycles. The number of fused-ring (bicyclic) bond motifs is 1. The molecule has 0 bridgehead atoms. The first kappa shape index (κ1) is 38.9. The maximum Gasteiger partial charge on any atom is 0.256 e. The van der Waals surface area contributed by atoms with Crippen molar-refractivity contribution >= 4 is 31.2 Å². The van der Waals surface area contributed by atoms with Gasteiger partial charge in [-0.3, -0.25) is 9.36 Å². The molecule has 0 spiro atoms. The van der Waals surface area contributed by atoms with E-state index in [4.69, 9.17) is 23.4 Å². The van der Waals surface area contributed by atoms with Crippen molar-refractivity contribution < 1.29 is 28.2 Å². The number of hydrogen-bond acceptors (Lipinski definition) is 9. The molecule has 1 radical (unpaired) electrons. The van der Waals surface area contributed by atoms with Crippen molar-refractivity contribution in [3.8, 4) is 11.5 Å². The van der Waals surface area contributed by atoms with Gasteiger partial charge in [0.05, 0.1) is 39.4 Å². The van der Waals surface area contributed by atoms with Gasteiger partial charge in [-0.15, -0.1) is 0 Å². The molecule has 1 amide bonds. The molecule has 1 aliphatic rings. The zero-order valence-electron chi connectivity index (χ0n) is 32.8. The van der Waals surface area contributed by atoms with E-state index in [-0.39, 0.29) is 17.6 Å². The molecule has 6 aromatic rings. The van der Waals surface area contributed by atoms with Gasteiger partial charge in [0, 0.05) is 12.0 Å². The Kier molecular flexibility index (Phi) is 11.1. The predicted molar refractivity (Wildman–Crippen MR) is 218 cm³/mol. The smallest absolute Gasteiger partial charge is 0.256 e. The van der Waals surface area contributed by atoms with Crippen molar-refractivity contribution in [1.29, 1.82) is 0 Å². The minimum absolute atomic E-state index is 0.0702. The Bertz CT molecular complexity index is 2200. The van der Waals surface area contributed by atoms with Crippen LogP contribution in [0.25, 0.3) is 11.2 Å². The molecule has 4 aromatic carbocycles. The Morgan fingerprint density at radius 1 is 0.786 bits per heavy atom. The van der Waals surface area contributed by atoms with Gasteiger partial charge in [-0.25, -0.2) is 15.0 Å². The summed E-state index contributed by atoms with van der Waals surface area (Å²) in [5.74, 6) is 1.49. The summed E-state index contributed by atoms with van der Waals surface area (Å²) >= 11 is 0. The second kappa shape index (κ2) is 16.0. The van der Waals surface area contributed by atoms with Crippen LogP contribution in [-0.4, -0.2) is 66.8 Å². The Morgan fingerprint density at radius 3 is 1.93 bits per heavy atom. The van der Waals surface area contributed by atoms with E-state index < -0.39 is 32.4 Å². The van der Waals surface area contributed by atoms with E-state index in [1.165, 1.54) is 6.33 Å². The summed E-state index contributed by atoms with van der Waals surface area (Å²) in [6.45, 7) is 11.3. The number of amides is 1. The highest BCUT2D eigenvalue weighted by Crippen LogP contribution is 2.45. The van der Waals surface area contributed by atoms with E-state index in [9.17, 15) is 4.79 Å². The zero-order valence-corrected chi connectivity index (χ0v) is 33.8. The number of methoxy groups -OCH3 is 2. The van der Waals surface area contributed by atoms with Crippen LogP contribution in [0.15, 0.2) is 122 Å². The molecule has 289 valence electrons. The third-order valence-corrected chi connectivity index (χ3v) is 15.2. The molecule has 12 heteroatoms. The zero-order chi connectivity index (χ0) is 39.5. The average Bonchev–Trinajstić information content (AvgIpc) is 3.83. The van der Waals surface area contributed by atoms with Crippen LogP contribution in [-0.2, 0) is 19.5 Å². The number of imidazole rings is 1. The minimum atomic E-state index is -2.33. The van der Waals surface area contributed by atoms with Crippen molar-refractivity contribution in [2.75, 3.05) is 26.1 Å². The first-order chi connectivity index (χ1) is 26.9. The summed E-state index contributed by atoms with van der Waals surface area (Å²) in [6, 6.07) is 35.1. The molecule has 2 aromatic heterocycles. The number of nitrogens with zero attached hydrogens (tertiary/aromatic N) is 4. The van der Waals surface area contributed by atoms with Crippen molar-refractivity contribution in [3.63, 3.8) is 0 Å². The van der Waals surface area contributed by atoms with Crippen LogP contribution in [0.3, 0.4) is 0 Å². The van der Waals surface area contributed by atoms with Gasteiger partial charge in [-0.1, -0.05) is 93.6 Å². The maximum absolute atomic E-state index is 13.1.